The van der Waals surface area contributed by atoms with E-state index in [1.54, 1.807) is 38.6 Å². The van der Waals surface area contributed by atoms with E-state index in [9.17, 15) is 4.79 Å². The molecule has 8 nitrogen and oxygen atoms in total. The molecule has 1 amide bonds. The predicted octanol–water partition coefficient (Wildman–Crippen LogP) is 2.56. The van der Waals surface area contributed by atoms with E-state index in [0.29, 0.717) is 35.2 Å². The number of carbonyl (C=O) groups excluding carboxylic acids is 1. The van der Waals surface area contributed by atoms with Crippen LogP contribution in [0.15, 0.2) is 55.0 Å². The van der Waals surface area contributed by atoms with Crippen LogP contribution in [0.1, 0.15) is 16.1 Å². The normalized spacial score (nSPS) is 10.1. The number of aromatic nitrogens is 3. The van der Waals surface area contributed by atoms with Gasteiger partial charge in [-0.3, -0.25) is 9.78 Å². The second kappa shape index (κ2) is 8.61. The second-order valence-electron chi connectivity index (χ2n) is 5.49. The van der Waals surface area contributed by atoms with E-state index in [1.807, 2.05) is 18.2 Å². The summed E-state index contributed by atoms with van der Waals surface area (Å²) < 4.78 is 10.5. The number of nitrogens with one attached hydrogen (secondary N) is 2. The number of rotatable bonds is 7. The highest BCUT2D eigenvalue weighted by Crippen LogP contribution is 2.30. The number of methoxy groups -OCH3 is 2. The minimum absolute atomic E-state index is 0.269. The van der Waals surface area contributed by atoms with Gasteiger partial charge in [0.2, 0.25) is 5.95 Å². The van der Waals surface area contributed by atoms with Crippen molar-refractivity contribution < 1.29 is 14.3 Å². The summed E-state index contributed by atoms with van der Waals surface area (Å²) in [5.74, 6) is 1.35. The monoisotopic (exact) mass is 365 g/mol. The van der Waals surface area contributed by atoms with Crippen molar-refractivity contribution in [3.05, 3.63) is 66.2 Å². The lowest BCUT2D eigenvalue weighted by molar-refractivity contribution is 0.0949. The topological polar surface area (TPSA) is 98.3 Å². The molecule has 0 unspecified atom stereocenters. The number of carbonyl (C=O) groups is 1. The lowest BCUT2D eigenvalue weighted by atomic mass is 10.2. The molecule has 8 heteroatoms. The van der Waals surface area contributed by atoms with Crippen molar-refractivity contribution in [1.29, 1.82) is 0 Å². The number of hydrogen-bond donors (Lipinski definition) is 2. The third kappa shape index (κ3) is 4.69. The van der Waals surface area contributed by atoms with Gasteiger partial charge in [-0.25, -0.2) is 9.97 Å². The molecule has 0 radical (unpaired) electrons. The lowest BCUT2D eigenvalue weighted by Crippen LogP contribution is -2.23. The van der Waals surface area contributed by atoms with Crippen LogP contribution in [0, 0.1) is 0 Å². The molecule has 0 spiro atoms. The van der Waals surface area contributed by atoms with Crippen LogP contribution >= 0.6 is 0 Å². The summed E-state index contributed by atoms with van der Waals surface area (Å²) in [5.41, 5.74) is 1.82. The van der Waals surface area contributed by atoms with Gasteiger partial charge in [-0.2, -0.15) is 0 Å². The van der Waals surface area contributed by atoms with Crippen molar-refractivity contribution in [2.75, 3.05) is 19.5 Å². The highest BCUT2D eigenvalue weighted by atomic mass is 16.5. The van der Waals surface area contributed by atoms with Crippen LogP contribution in [0.3, 0.4) is 0 Å². The van der Waals surface area contributed by atoms with Gasteiger partial charge in [0.1, 0.15) is 11.5 Å². The van der Waals surface area contributed by atoms with Crippen LogP contribution in [0.2, 0.25) is 0 Å². The van der Waals surface area contributed by atoms with Crippen molar-refractivity contribution in [3.8, 4) is 11.5 Å². The minimum atomic E-state index is -0.269. The van der Waals surface area contributed by atoms with E-state index in [4.69, 9.17) is 9.47 Å². The molecule has 0 aliphatic carbocycles. The maximum Gasteiger partial charge on any atom is 0.254 e. The molecule has 2 aromatic heterocycles. The summed E-state index contributed by atoms with van der Waals surface area (Å²) in [6.07, 6.45) is 4.59. The summed E-state index contributed by atoms with van der Waals surface area (Å²) in [6, 6.07) is 10.9. The molecule has 0 bridgehead atoms. The number of pyridine rings is 1. The number of amides is 1. The van der Waals surface area contributed by atoms with Crippen LogP contribution < -0.4 is 20.1 Å². The Morgan fingerprint density at radius 3 is 2.52 bits per heavy atom. The van der Waals surface area contributed by atoms with Crippen molar-refractivity contribution in [3.63, 3.8) is 0 Å². The first-order valence-electron chi connectivity index (χ1n) is 8.19. The molecule has 0 fully saturated rings. The summed E-state index contributed by atoms with van der Waals surface area (Å²) in [4.78, 5) is 24.7. The maximum absolute atomic E-state index is 12.2. The Kier molecular flexibility index (Phi) is 5.78. The van der Waals surface area contributed by atoms with Crippen molar-refractivity contribution in [1.82, 2.24) is 20.3 Å². The molecule has 1 aromatic carbocycles. The van der Waals surface area contributed by atoms with E-state index in [1.165, 1.54) is 12.4 Å². The number of benzene rings is 1. The zero-order valence-electron chi connectivity index (χ0n) is 15.0. The fraction of sp³-hybridized carbons (Fsp3) is 0.158. The van der Waals surface area contributed by atoms with Gasteiger partial charge in [0.05, 0.1) is 37.7 Å². The molecule has 138 valence electrons. The third-order valence-corrected chi connectivity index (χ3v) is 3.73. The Morgan fingerprint density at radius 1 is 1.04 bits per heavy atom. The zero-order valence-corrected chi connectivity index (χ0v) is 15.0. The Morgan fingerprint density at radius 2 is 1.85 bits per heavy atom. The maximum atomic E-state index is 12.2. The van der Waals surface area contributed by atoms with Gasteiger partial charge in [-0.1, -0.05) is 6.07 Å². The van der Waals surface area contributed by atoms with E-state index >= 15 is 0 Å². The molecule has 0 aliphatic heterocycles. The van der Waals surface area contributed by atoms with Gasteiger partial charge in [-0.15, -0.1) is 0 Å². The predicted molar refractivity (Wildman–Crippen MR) is 100 cm³/mol. The van der Waals surface area contributed by atoms with Gasteiger partial charge in [0, 0.05) is 24.7 Å². The first-order valence-corrected chi connectivity index (χ1v) is 8.19. The molecule has 3 rings (SSSR count). The summed E-state index contributed by atoms with van der Waals surface area (Å²) in [5, 5.41) is 5.83. The molecular weight excluding hydrogens is 346 g/mol. The number of nitrogens with zero attached hydrogens (tertiary/aromatic N) is 3. The fourth-order valence-corrected chi connectivity index (χ4v) is 2.31. The molecule has 27 heavy (non-hydrogen) atoms. The van der Waals surface area contributed by atoms with Gasteiger partial charge in [0.15, 0.2) is 0 Å². The average molecular weight is 365 g/mol. The Balaban J connectivity index is 1.64. The van der Waals surface area contributed by atoms with Crippen LogP contribution in [0.5, 0.6) is 11.5 Å². The highest BCUT2D eigenvalue weighted by Gasteiger charge is 2.10. The lowest BCUT2D eigenvalue weighted by Gasteiger charge is -2.11. The van der Waals surface area contributed by atoms with Crippen molar-refractivity contribution in [2.45, 2.75) is 6.54 Å². The first kappa shape index (κ1) is 18.1. The molecule has 0 saturated heterocycles. The molecular formula is C19H19N5O3. The standard InChI is InChI=1S/C19H19N5O3/c1-26-15-6-7-16(17(9-15)27-2)24-19-22-10-13(11-23-19)18(25)21-12-14-5-3-4-8-20-14/h3-11H,12H2,1-2H3,(H,21,25)(H,22,23,24). The van der Waals surface area contributed by atoms with Gasteiger partial charge in [-0.05, 0) is 24.3 Å². The third-order valence-electron chi connectivity index (χ3n) is 3.73. The summed E-state index contributed by atoms with van der Waals surface area (Å²) in [6.45, 7) is 0.336. The second-order valence-corrected chi connectivity index (χ2v) is 5.49. The highest BCUT2D eigenvalue weighted by molar-refractivity contribution is 5.93. The Hall–Kier alpha value is -3.68. The smallest absolute Gasteiger partial charge is 0.254 e. The van der Waals surface area contributed by atoms with Gasteiger partial charge >= 0.3 is 0 Å². The van der Waals surface area contributed by atoms with Crippen LogP contribution in [-0.2, 0) is 6.54 Å². The molecule has 3 aromatic rings. The number of hydrogen-bond acceptors (Lipinski definition) is 7. The Bertz CT molecular complexity index is 901. The van der Waals surface area contributed by atoms with E-state index in [0.717, 1.165) is 5.69 Å². The van der Waals surface area contributed by atoms with E-state index in [2.05, 4.69) is 25.6 Å². The molecule has 2 heterocycles. The number of anilines is 2. The molecule has 0 aliphatic rings. The quantitative estimate of drug-likeness (QED) is 0.664. The van der Waals surface area contributed by atoms with Crippen molar-refractivity contribution >= 4 is 17.5 Å². The van der Waals surface area contributed by atoms with Gasteiger partial charge < -0.3 is 20.1 Å². The Labute approximate surface area is 156 Å². The molecule has 0 saturated carbocycles. The fourth-order valence-electron chi connectivity index (χ4n) is 2.31. The largest absolute Gasteiger partial charge is 0.497 e. The van der Waals surface area contributed by atoms with E-state index < -0.39 is 0 Å². The summed E-state index contributed by atoms with van der Waals surface area (Å²) >= 11 is 0. The zero-order chi connectivity index (χ0) is 19.1. The van der Waals surface area contributed by atoms with Crippen LogP contribution in [0.4, 0.5) is 11.6 Å². The number of ether oxygens (including phenoxy) is 2. The van der Waals surface area contributed by atoms with Crippen molar-refractivity contribution in [2.24, 2.45) is 0 Å². The SMILES string of the molecule is COc1ccc(Nc2ncc(C(=O)NCc3ccccn3)cn2)c(OC)c1. The van der Waals surface area contributed by atoms with Crippen LogP contribution in [-0.4, -0.2) is 35.1 Å². The minimum Gasteiger partial charge on any atom is -0.497 e. The first-order chi connectivity index (χ1) is 13.2. The van der Waals surface area contributed by atoms with Gasteiger partial charge in [0.25, 0.3) is 5.91 Å². The molecule has 0 atom stereocenters. The summed E-state index contributed by atoms with van der Waals surface area (Å²) in [7, 11) is 3.15. The van der Waals surface area contributed by atoms with Crippen LogP contribution in [0.25, 0.3) is 0 Å². The average Bonchev–Trinajstić information content (AvgIpc) is 2.73. The van der Waals surface area contributed by atoms with E-state index in [-0.39, 0.29) is 5.91 Å². The molecule has 2 N–H and O–H groups in total.